The molecule has 0 aliphatic carbocycles. The lowest BCUT2D eigenvalue weighted by molar-refractivity contribution is -0.127. The Morgan fingerprint density at radius 1 is 1.18 bits per heavy atom. The number of aryl methyl sites for hydroxylation is 1. The van der Waals surface area contributed by atoms with Gasteiger partial charge in [0.1, 0.15) is 0 Å². The van der Waals surface area contributed by atoms with E-state index in [1.54, 1.807) is 0 Å². The molecular weight excluding hydrogens is 210 g/mol. The minimum Gasteiger partial charge on any atom is -0.342 e. The maximum absolute atomic E-state index is 11.4. The van der Waals surface area contributed by atoms with E-state index in [0.717, 1.165) is 32.4 Å². The first kappa shape index (κ1) is 13.8. The molecule has 1 aliphatic rings. The quantitative estimate of drug-likeness (QED) is 0.785. The average molecular weight is 233 g/mol. The van der Waals surface area contributed by atoms with Gasteiger partial charge in [0.2, 0.25) is 5.91 Å². The number of carbonyl (C=O) groups is 1. The lowest BCUT2D eigenvalue weighted by Crippen LogP contribution is -2.26. The highest BCUT2D eigenvalue weighted by molar-refractivity contribution is 5.78. The zero-order valence-electron chi connectivity index (χ0n) is 11.2. The summed E-state index contributed by atoms with van der Waals surface area (Å²) < 4.78 is 0. The summed E-state index contributed by atoms with van der Waals surface area (Å²) in [7, 11) is 0. The predicted molar refractivity (Wildman–Crippen MR) is 72.0 cm³/mol. The Bertz CT molecular complexity index is 342. The van der Waals surface area contributed by atoms with Crippen LogP contribution in [0.2, 0.25) is 0 Å². The van der Waals surface area contributed by atoms with Gasteiger partial charge in [-0.3, -0.25) is 4.79 Å². The van der Waals surface area contributed by atoms with Gasteiger partial charge in [0.25, 0.3) is 0 Å². The van der Waals surface area contributed by atoms with Crippen LogP contribution >= 0.6 is 0 Å². The second-order valence-corrected chi connectivity index (χ2v) is 4.22. The molecule has 94 valence electrons. The predicted octanol–water partition coefficient (Wildman–Crippen LogP) is 3.19. The second kappa shape index (κ2) is 7.10. The summed E-state index contributed by atoms with van der Waals surface area (Å²) in [6.07, 6.45) is 2.76. The van der Waals surface area contributed by atoms with Crippen molar-refractivity contribution in [3.63, 3.8) is 0 Å². The van der Waals surface area contributed by atoms with E-state index in [4.69, 9.17) is 0 Å². The van der Waals surface area contributed by atoms with E-state index in [1.807, 2.05) is 18.7 Å². The van der Waals surface area contributed by atoms with Gasteiger partial charge in [-0.2, -0.15) is 0 Å². The Morgan fingerprint density at radius 2 is 1.82 bits per heavy atom. The Balaban J connectivity index is 0.000000686. The number of hydrogen-bond acceptors (Lipinski definition) is 1. The summed E-state index contributed by atoms with van der Waals surface area (Å²) in [4.78, 5) is 13.3. The molecule has 0 saturated carbocycles. The number of benzene rings is 1. The molecule has 0 atom stereocenters. The molecule has 1 saturated heterocycles. The van der Waals surface area contributed by atoms with Crippen LogP contribution in [0.4, 0.5) is 0 Å². The molecule has 0 aromatic heterocycles. The fourth-order valence-corrected chi connectivity index (χ4v) is 1.96. The number of rotatable bonds is 3. The van der Waals surface area contributed by atoms with Crippen LogP contribution in [0, 0.1) is 6.92 Å². The maximum Gasteiger partial charge on any atom is 0.222 e. The minimum absolute atomic E-state index is 0.321. The van der Waals surface area contributed by atoms with Crippen LogP contribution in [0.15, 0.2) is 24.3 Å². The van der Waals surface area contributed by atoms with Gasteiger partial charge in [0.15, 0.2) is 0 Å². The molecule has 0 spiro atoms. The van der Waals surface area contributed by atoms with E-state index in [-0.39, 0.29) is 0 Å². The van der Waals surface area contributed by atoms with E-state index in [9.17, 15) is 4.79 Å². The van der Waals surface area contributed by atoms with E-state index < -0.39 is 0 Å². The van der Waals surface area contributed by atoms with Crippen molar-refractivity contribution in [3.05, 3.63) is 35.4 Å². The van der Waals surface area contributed by atoms with Gasteiger partial charge in [0, 0.05) is 19.5 Å². The number of amides is 1. The summed E-state index contributed by atoms with van der Waals surface area (Å²) >= 11 is 0. The average Bonchev–Trinajstić information content (AvgIpc) is 2.77. The Hall–Kier alpha value is -1.31. The molecule has 17 heavy (non-hydrogen) atoms. The largest absolute Gasteiger partial charge is 0.342 e. The van der Waals surface area contributed by atoms with Gasteiger partial charge in [-0.15, -0.1) is 0 Å². The highest BCUT2D eigenvalue weighted by atomic mass is 16.2. The van der Waals surface area contributed by atoms with Crippen molar-refractivity contribution >= 4 is 5.91 Å². The van der Waals surface area contributed by atoms with Crippen LogP contribution in [0.25, 0.3) is 0 Å². The molecule has 0 unspecified atom stereocenters. The van der Waals surface area contributed by atoms with Gasteiger partial charge in [-0.25, -0.2) is 0 Å². The van der Waals surface area contributed by atoms with Crippen molar-refractivity contribution in [1.82, 2.24) is 4.90 Å². The fraction of sp³-hybridized carbons (Fsp3) is 0.533. The molecule has 2 nitrogen and oxygen atoms in total. The first-order valence-electron chi connectivity index (χ1n) is 6.59. The molecule has 1 aromatic carbocycles. The Labute approximate surface area is 105 Å². The van der Waals surface area contributed by atoms with Crippen molar-refractivity contribution in [3.8, 4) is 0 Å². The standard InChI is InChI=1S/C13H17NO.C2H6/c1-11-4-6-12(7-5-11)8-10-14-9-2-3-13(14)15;1-2/h4-7H,2-3,8-10H2,1H3;1-2H3. The monoisotopic (exact) mass is 233 g/mol. The lowest BCUT2D eigenvalue weighted by Gasteiger charge is -2.15. The summed E-state index contributed by atoms with van der Waals surface area (Å²) in [6.45, 7) is 7.92. The smallest absolute Gasteiger partial charge is 0.222 e. The maximum atomic E-state index is 11.4. The third-order valence-corrected chi connectivity index (χ3v) is 2.96. The molecule has 1 heterocycles. The minimum atomic E-state index is 0.321. The molecule has 2 heteroatoms. The Morgan fingerprint density at radius 3 is 2.35 bits per heavy atom. The van der Waals surface area contributed by atoms with Crippen LogP contribution in [0.3, 0.4) is 0 Å². The number of hydrogen-bond donors (Lipinski definition) is 0. The SMILES string of the molecule is CC.Cc1ccc(CCN2CCCC2=O)cc1. The van der Waals surface area contributed by atoms with Crippen LogP contribution < -0.4 is 0 Å². The summed E-state index contributed by atoms with van der Waals surface area (Å²) in [5.41, 5.74) is 2.61. The molecule has 1 fully saturated rings. The second-order valence-electron chi connectivity index (χ2n) is 4.22. The third-order valence-electron chi connectivity index (χ3n) is 2.96. The summed E-state index contributed by atoms with van der Waals surface area (Å²) in [5, 5.41) is 0. The van der Waals surface area contributed by atoms with Gasteiger partial charge < -0.3 is 4.90 Å². The zero-order valence-corrected chi connectivity index (χ0v) is 11.2. The summed E-state index contributed by atoms with van der Waals surface area (Å²) in [5.74, 6) is 0.321. The van der Waals surface area contributed by atoms with Gasteiger partial charge in [0.05, 0.1) is 0 Å². The van der Waals surface area contributed by atoms with E-state index in [1.165, 1.54) is 11.1 Å². The molecule has 1 amide bonds. The van der Waals surface area contributed by atoms with Gasteiger partial charge in [-0.05, 0) is 25.3 Å². The zero-order chi connectivity index (χ0) is 12.7. The summed E-state index contributed by atoms with van der Waals surface area (Å²) in [6, 6.07) is 8.55. The van der Waals surface area contributed by atoms with Crippen LogP contribution in [-0.4, -0.2) is 23.9 Å². The Kier molecular flexibility index (Phi) is 5.75. The fourth-order valence-electron chi connectivity index (χ4n) is 1.96. The number of nitrogens with zero attached hydrogens (tertiary/aromatic N) is 1. The van der Waals surface area contributed by atoms with Crippen molar-refractivity contribution < 1.29 is 4.79 Å². The highest BCUT2D eigenvalue weighted by Crippen LogP contribution is 2.11. The van der Waals surface area contributed by atoms with E-state index in [2.05, 4.69) is 31.2 Å². The van der Waals surface area contributed by atoms with Crippen LogP contribution in [0.1, 0.15) is 37.8 Å². The number of likely N-dealkylation sites (tertiary alicyclic amines) is 1. The van der Waals surface area contributed by atoms with E-state index in [0.29, 0.717) is 5.91 Å². The molecular formula is C15H23NO. The third kappa shape index (κ3) is 4.22. The molecule has 0 N–H and O–H groups in total. The van der Waals surface area contributed by atoms with E-state index >= 15 is 0 Å². The topological polar surface area (TPSA) is 20.3 Å². The molecule has 2 rings (SSSR count). The molecule has 1 aromatic rings. The molecule has 0 bridgehead atoms. The lowest BCUT2D eigenvalue weighted by atomic mass is 10.1. The normalized spacial score (nSPS) is 14.5. The first-order valence-corrected chi connectivity index (χ1v) is 6.59. The molecule has 0 radical (unpaired) electrons. The number of carbonyl (C=O) groups excluding carboxylic acids is 1. The van der Waals surface area contributed by atoms with Crippen molar-refractivity contribution in [2.45, 2.75) is 40.0 Å². The van der Waals surface area contributed by atoms with Crippen LogP contribution in [0.5, 0.6) is 0 Å². The van der Waals surface area contributed by atoms with Crippen molar-refractivity contribution in [1.29, 1.82) is 0 Å². The van der Waals surface area contributed by atoms with Crippen molar-refractivity contribution in [2.24, 2.45) is 0 Å². The van der Waals surface area contributed by atoms with Gasteiger partial charge in [-0.1, -0.05) is 43.7 Å². The highest BCUT2D eigenvalue weighted by Gasteiger charge is 2.19. The first-order chi connectivity index (χ1) is 8.25. The molecule has 1 aliphatic heterocycles. The van der Waals surface area contributed by atoms with Crippen LogP contribution in [-0.2, 0) is 11.2 Å². The van der Waals surface area contributed by atoms with Gasteiger partial charge >= 0.3 is 0 Å². The van der Waals surface area contributed by atoms with Crippen molar-refractivity contribution in [2.75, 3.05) is 13.1 Å².